The van der Waals surface area contributed by atoms with E-state index < -0.39 is 0 Å². The molecule has 0 bridgehead atoms. The molecule has 0 aromatic heterocycles. The first-order valence-electron chi connectivity index (χ1n) is 5.67. The summed E-state index contributed by atoms with van der Waals surface area (Å²) in [6.07, 6.45) is 0.904. The molecule has 1 aromatic rings. The molecule has 16 heavy (non-hydrogen) atoms. The van der Waals surface area contributed by atoms with Gasteiger partial charge in [0.15, 0.2) is 0 Å². The van der Waals surface area contributed by atoms with Crippen LogP contribution in [0.15, 0.2) is 24.3 Å². The van der Waals surface area contributed by atoms with Gasteiger partial charge in [-0.05, 0) is 34.9 Å². The Hall–Kier alpha value is -1.02. The molecule has 1 rings (SSSR count). The second-order valence-corrected chi connectivity index (χ2v) is 5.93. The van der Waals surface area contributed by atoms with Crippen LogP contribution < -0.4 is 0 Å². The minimum atomic E-state index is -0.0820. The highest BCUT2D eigenvalue weighted by Gasteiger charge is 2.29. The number of hydrogen-bond donors (Lipinski definition) is 2. The predicted molar refractivity (Wildman–Crippen MR) is 66.6 cm³/mol. The quantitative estimate of drug-likeness (QED) is 0.822. The summed E-state index contributed by atoms with van der Waals surface area (Å²) in [7, 11) is 0. The topological polar surface area (TPSA) is 40.5 Å². The lowest BCUT2D eigenvalue weighted by atomic mass is 9.72. The molecular weight excluding hydrogens is 200 g/mol. The Morgan fingerprint density at radius 3 is 1.94 bits per heavy atom. The summed E-state index contributed by atoms with van der Waals surface area (Å²) in [6, 6.07) is 7.32. The fourth-order valence-corrected chi connectivity index (χ4v) is 2.27. The van der Waals surface area contributed by atoms with Crippen molar-refractivity contribution in [3.8, 4) is 5.75 Å². The van der Waals surface area contributed by atoms with E-state index in [4.69, 9.17) is 0 Å². The molecule has 0 unspecified atom stereocenters. The average Bonchev–Trinajstić information content (AvgIpc) is 2.17. The number of rotatable bonds is 4. The van der Waals surface area contributed by atoms with Crippen molar-refractivity contribution in [1.82, 2.24) is 0 Å². The zero-order chi connectivity index (χ0) is 12.4. The van der Waals surface area contributed by atoms with E-state index in [1.54, 1.807) is 12.1 Å². The summed E-state index contributed by atoms with van der Waals surface area (Å²) in [6.45, 7) is 8.65. The van der Waals surface area contributed by atoms with Gasteiger partial charge in [0.1, 0.15) is 5.75 Å². The monoisotopic (exact) mass is 222 g/mol. The van der Waals surface area contributed by atoms with Gasteiger partial charge in [-0.25, -0.2) is 0 Å². The van der Waals surface area contributed by atoms with Crippen molar-refractivity contribution in [2.45, 2.75) is 39.5 Å². The Morgan fingerprint density at radius 2 is 1.50 bits per heavy atom. The summed E-state index contributed by atoms with van der Waals surface area (Å²) in [5, 5.41) is 18.6. The maximum absolute atomic E-state index is 9.31. The zero-order valence-electron chi connectivity index (χ0n) is 10.6. The second-order valence-electron chi connectivity index (χ2n) is 5.93. The summed E-state index contributed by atoms with van der Waals surface area (Å²) < 4.78 is 0. The predicted octanol–water partition coefficient (Wildman–Crippen LogP) is 3.08. The molecule has 0 saturated carbocycles. The van der Waals surface area contributed by atoms with E-state index >= 15 is 0 Å². The highest BCUT2D eigenvalue weighted by atomic mass is 16.3. The minimum Gasteiger partial charge on any atom is -0.508 e. The average molecular weight is 222 g/mol. The molecule has 0 spiro atoms. The van der Waals surface area contributed by atoms with E-state index in [0.29, 0.717) is 5.75 Å². The van der Waals surface area contributed by atoms with Gasteiger partial charge < -0.3 is 10.2 Å². The van der Waals surface area contributed by atoms with Crippen LogP contribution in [0.25, 0.3) is 0 Å². The van der Waals surface area contributed by atoms with Crippen LogP contribution in [0.5, 0.6) is 5.75 Å². The second kappa shape index (κ2) is 4.46. The molecule has 90 valence electrons. The first kappa shape index (κ1) is 13.0. The van der Waals surface area contributed by atoms with Crippen LogP contribution in [0.1, 0.15) is 39.7 Å². The van der Waals surface area contributed by atoms with Crippen molar-refractivity contribution in [2.75, 3.05) is 6.61 Å². The van der Waals surface area contributed by atoms with Crippen molar-refractivity contribution < 1.29 is 10.2 Å². The van der Waals surface area contributed by atoms with E-state index in [9.17, 15) is 10.2 Å². The molecule has 0 fully saturated rings. The Bertz CT molecular complexity index is 336. The summed E-state index contributed by atoms with van der Waals surface area (Å²) in [4.78, 5) is 0. The van der Waals surface area contributed by atoms with Crippen LogP contribution in [0, 0.1) is 5.41 Å². The first-order valence-corrected chi connectivity index (χ1v) is 5.67. The van der Waals surface area contributed by atoms with Gasteiger partial charge in [0.25, 0.3) is 0 Å². The van der Waals surface area contributed by atoms with Crippen LogP contribution in [0.3, 0.4) is 0 Å². The Balaban J connectivity index is 2.89. The van der Waals surface area contributed by atoms with E-state index in [-0.39, 0.29) is 17.4 Å². The maximum Gasteiger partial charge on any atom is 0.115 e. The normalized spacial score (nSPS) is 12.8. The molecule has 0 heterocycles. The Labute approximate surface area is 97.9 Å². The van der Waals surface area contributed by atoms with E-state index in [1.165, 1.54) is 5.56 Å². The molecule has 2 N–H and O–H groups in total. The van der Waals surface area contributed by atoms with Crippen molar-refractivity contribution in [2.24, 2.45) is 5.41 Å². The number of phenols is 1. The molecule has 0 atom stereocenters. The molecule has 0 aliphatic carbocycles. The van der Waals surface area contributed by atoms with Gasteiger partial charge in [-0.1, -0.05) is 39.8 Å². The summed E-state index contributed by atoms with van der Waals surface area (Å²) in [5.41, 5.74) is 1.10. The SMILES string of the molecule is CC(C)(CO)CC(C)(C)c1ccc(O)cc1. The third kappa shape index (κ3) is 3.24. The van der Waals surface area contributed by atoms with E-state index in [0.717, 1.165) is 6.42 Å². The van der Waals surface area contributed by atoms with E-state index in [2.05, 4.69) is 27.7 Å². The van der Waals surface area contributed by atoms with Gasteiger partial charge in [-0.2, -0.15) is 0 Å². The van der Waals surface area contributed by atoms with Gasteiger partial charge in [0.05, 0.1) is 0 Å². The minimum absolute atomic E-state index is 0.0000694. The number of aliphatic hydroxyl groups is 1. The Kier molecular flexibility index (Phi) is 3.64. The maximum atomic E-state index is 9.31. The molecule has 2 nitrogen and oxygen atoms in total. The number of phenolic OH excluding ortho intramolecular Hbond substituents is 1. The zero-order valence-corrected chi connectivity index (χ0v) is 10.6. The summed E-state index contributed by atoms with van der Waals surface area (Å²) in [5.74, 6) is 0.293. The molecule has 0 saturated heterocycles. The molecule has 0 radical (unpaired) electrons. The molecule has 0 amide bonds. The number of hydrogen-bond acceptors (Lipinski definition) is 2. The highest BCUT2D eigenvalue weighted by molar-refractivity contribution is 5.30. The van der Waals surface area contributed by atoms with Crippen LogP contribution in [-0.2, 0) is 5.41 Å². The third-order valence-corrected chi connectivity index (χ3v) is 3.00. The van der Waals surface area contributed by atoms with Crippen LogP contribution in [-0.4, -0.2) is 16.8 Å². The smallest absolute Gasteiger partial charge is 0.115 e. The van der Waals surface area contributed by atoms with Crippen molar-refractivity contribution >= 4 is 0 Å². The molecule has 0 aliphatic heterocycles. The van der Waals surface area contributed by atoms with Gasteiger partial charge in [-0.3, -0.25) is 0 Å². The van der Waals surface area contributed by atoms with Gasteiger partial charge in [0.2, 0.25) is 0 Å². The van der Waals surface area contributed by atoms with Crippen molar-refractivity contribution in [3.05, 3.63) is 29.8 Å². The lowest BCUT2D eigenvalue weighted by Gasteiger charge is -2.34. The molecular formula is C14H22O2. The lowest BCUT2D eigenvalue weighted by Crippen LogP contribution is -2.29. The summed E-state index contributed by atoms with van der Waals surface area (Å²) >= 11 is 0. The lowest BCUT2D eigenvalue weighted by molar-refractivity contribution is 0.126. The Morgan fingerprint density at radius 1 is 1.00 bits per heavy atom. The van der Waals surface area contributed by atoms with Crippen molar-refractivity contribution in [3.63, 3.8) is 0 Å². The van der Waals surface area contributed by atoms with Crippen molar-refractivity contribution in [1.29, 1.82) is 0 Å². The molecule has 2 heteroatoms. The third-order valence-electron chi connectivity index (χ3n) is 3.00. The standard InChI is InChI=1S/C14H22O2/c1-13(2,10-15)9-14(3,4)11-5-7-12(16)8-6-11/h5-8,15-16H,9-10H2,1-4H3. The fourth-order valence-electron chi connectivity index (χ4n) is 2.27. The van der Waals surface area contributed by atoms with Crippen LogP contribution >= 0.6 is 0 Å². The first-order chi connectivity index (χ1) is 7.27. The van der Waals surface area contributed by atoms with Gasteiger partial charge in [-0.15, -0.1) is 0 Å². The largest absolute Gasteiger partial charge is 0.508 e. The molecule has 1 aromatic carbocycles. The number of aromatic hydroxyl groups is 1. The van der Waals surface area contributed by atoms with Gasteiger partial charge in [0, 0.05) is 6.61 Å². The van der Waals surface area contributed by atoms with Gasteiger partial charge >= 0.3 is 0 Å². The fraction of sp³-hybridized carbons (Fsp3) is 0.571. The highest BCUT2D eigenvalue weighted by Crippen LogP contribution is 2.36. The molecule has 0 aliphatic rings. The number of benzene rings is 1. The van der Waals surface area contributed by atoms with E-state index in [1.807, 2.05) is 12.1 Å². The number of aliphatic hydroxyl groups excluding tert-OH is 1. The van der Waals surface area contributed by atoms with Crippen LogP contribution in [0.2, 0.25) is 0 Å². The van der Waals surface area contributed by atoms with Crippen LogP contribution in [0.4, 0.5) is 0 Å².